The lowest BCUT2D eigenvalue weighted by Gasteiger charge is -2.26. The van der Waals surface area contributed by atoms with Crippen LogP contribution in [0.4, 0.5) is 4.79 Å². The Kier molecular flexibility index (Phi) is 7.19. The summed E-state index contributed by atoms with van der Waals surface area (Å²) in [6.07, 6.45) is -1.22. The number of amides is 1. The number of ether oxygens (including phenoxy) is 1. The molecule has 0 spiro atoms. The number of carboxylic acid groups (broad SMARTS) is 1. The summed E-state index contributed by atoms with van der Waals surface area (Å²) in [5, 5.41) is 11.0. The van der Waals surface area contributed by atoms with E-state index in [0.29, 0.717) is 0 Å². The second kappa shape index (κ2) is 7.61. The first kappa shape index (κ1) is 18.9. The van der Waals surface area contributed by atoms with Crippen LogP contribution in [0.3, 0.4) is 0 Å². The molecule has 0 bridgehead atoms. The normalized spacial score (nSPS) is 13.7. The Hall–Kier alpha value is -1.11. The van der Waals surface area contributed by atoms with E-state index in [1.807, 2.05) is 0 Å². The number of carbonyl (C=O) groups excluding carboxylic acids is 1. The molecule has 0 aliphatic heterocycles. The Morgan fingerprint density at radius 2 is 1.75 bits per heavy atom. The largest absolute Gasteiger partial charge is 0.481 e. The Labute approximate surface area is 118 Å². The van der Waals surface area contributed by atoms with Gasteiger partial charge in [-0.15, -0.1) is 0 Å². The SMILES string of the molecule is COP(=O)(OC)C(CCC(=O)O)NC(=O)OC(C)(C)C. The van der Waals surface area contributed by atoms with Crippen LogP contribution in [0.15, 0.2) is 0 Å². The number of rotatable bonds is 7. The molecule has 0 heterocycles. The Morgan fingerprint density at radius 1 is 1.25 bits per heavy atom. The van der Waals surface area contributed by atoms with Crippen LogP contribution in [-0.2, 0) is 23.1 Å². The number of aliphatic carboxylic acids is 1. The first-order valence-corrected chi connectivity index (χ1v) is 7.57. The van der Waals surface area contributed by atoms with E-state index in [1.54, 1.807) is 20.8 Å². The van der Waals surface area contributed by atoms with Crippen molar-refractivity contribution in [2.24, 2.45) is 0 Å². The molecule has 0 aromatic carbocycles. The maximum absolute atomic E-state index is 12.3. The van der Waals surface area contributed by atoms with Gasteiger partial charge < -0.3 is 24.2 Å². The lowest BCUT2D eigenvalue weighted by atomic mass is 10.2. The molecule has 0 aliphatic rings. The topological polar surface area (TPSA) is 111 Å². The van der Waals surface area contributed by atoms with Crippen molar-refractivity contribution < 1.29 is 33.0 Å². The van der Waals surface area contributed by atoms with Gasteiger partial charge in [0.15, 0.2) is 0 Å². The van der Waals surface area contributed by atoms with Gasteiger partial charge in [0, 0.05) is 20.6 Å². The Balaban J connectivity index is 4.90. The highest BCUT2D eigenvalue weighted by atomic mass is 31.2. The molecule has 20 heavy (non-hydrogen) atoms. The van der Waals surface area contributed by atoms with Gasteiger partial charge in [-0.05, 0) is 27.2 Å². The molecule has 0 rings (SSSR count). The van der Waals surface area contributed by atoms with E-state index in [-0.39, 0.29) is 12.8 Å². The summed E-state index contributed by atoms with van der Waals surface area (Å²) in [5.41, 5.74) is -0.731. The molecule has 0 radical (unpaired) electrons. The average Bonchev–Trinajstić information content (AvgIpc) is 2.31. The average molecular weight is 311 g/mol. The van der Waals surface area contributed by atoms with Gasteiger partial charge in [-0.1, -0.05) is 0 Å². The predicted molar refractivity (Wildman–Crippen MR) is 71.7 cm³/mol. The lowest BCUT2D eigenvalue weighted by molar-refractivity contribution is -0.137. The van der Waals surface area contributed by atoms with Crippen molar-refractivity contribution in [1.82, 2.24) is 5.32 Å². The summed E-state index contributed by atoms with van der Waals surface area (Å²) >= 11 is 0. The Morgan fingerprint density at radius 3 is 2.10 bits per heavy atom. The third kappa shape index (κ3) is 6.88. The molecule has 0 saturated heterocycles. The second-order valence-corrected chi connectivity index (χ2v) is 7.43. The molecule has 1 amide bonds. The van der Waals surface area contributed by atoms with Crippen molar-refractivity contribution in [2.75, 3.05) is 14.2 Å². The maximum atomic E-state index is 12.3. The van der Waals surface area contributed by atoms with E-state index in [2.05, 4.69) is 5.32 Å². The summed E-state index contributed by atoms with van der Waals surface area (Å²) in [6, 6.07) is 0. The summed E-state index contributed by atoms with van der Waals surface area (Å²) in [7, 11) is -1.32. The van der Waals surface area contributed by atoms with Crippen LogP contribution < -0.4 is 5.32 Å². The zero-order valence-electron chi connectivity index (χ0n) is 12.3. The highest BCUT2D eigenvalue weighted by Crippen LogP contribution is 2.52. The van der Waals surface area contributed by atoms with Gasteiger partial charge in [-0.2, -0.15) is 0 Å². The quantitative estimate of drug-likeness (QED) is 0.693. The van der Waals surface area contributed by atoms with E-state index in [1.165, 1.54) is 0 Å². The van der Waals surface area contributed by atoms with Gasteiger partial charge in [0.2, 0.25) is 0 Å². The first-order chi connectivity index (χ1) is 9.04. The van der Waals surface area contributed by atoms with Gasteiger partial charge in [0.05, 0.1) is 0 Å². The molecule has 0 aliphatic carbocycles. The van der Waals surface area contributed by atoms with Crippen LogP contribution in [0.2, 0.25) is 0 Å². The summed E-state index contributed by atoms with van der Waals surface area (Å²) < 4.78 is 26.9. The van der Waals surface area contributed by atoms with Crippen molar-refractivity contribution in [1.29, 1.82) is 0 Å². The molecule has 0 fully saturated rings. The van der Waals surface area contributed by atoms with Gasteiger partial charge in [0.1, 0.15) is 11.4 Å². The second-order valence-electron chi connectivity index (χ2n) is 5.00. The van der Waals surface area contributed by atoms with Crippen molar-refractivity contribution in [3.8, 4) is 0 Å². The molecule has 8 nitrogen and oxygen atoms in total. The molecule has 118 valence electrons. The van der Waals surface area contributed by atoms with E-state index in [4.69, 9.17) is 18.9 Å². The van der Waals surface area contributed by atoms with Crippen LogP contribution in [0.1, 0.15) is 33.6 Å². The summed E-state index contributed by atoms with van der Waals surface area (Å²) in [4.78, 5) is 22.3. The number of carbonyl (C=O) groups is 2. The fourth-order valence-electron chi connectivity index (χ4n) is 1.34. The van der Waals surface area contributed by atoms with Gasteiger partial charge in [-0.25, -0.2) is 4.79 Å². The van der Waals surface area contributed by atoms with Crippen LogP contribution in [0, 0.1) is 0 Å². The lowest BCUT2D eigenvalue weighted by Crippen LogP contribution is -2.39. The number of nitrogens with one attached hydrogen (secondary N) is 1. The fraction of sp³-hybridized carbons (Fsp3) is 0.818. The van der Waals surface area contributed by atoms with E-state index in [0.717, 1.165) is 14.2 Å². The van der Waals surface area contributed by atoms with Crippen molar-refractivity contribution in [3.05, 3.63) is 0 Å². The van der Waals surface area contributed by atoms with E-state index >= 15 is 0 Å². The zero-order valence-corrected chi connectivity index (χ0v) is 13.2. The minimum atomic E-state index is -3.64. The zero-order chi connectivity index (χ0) is 16.0. The third-order valence-electron chi connectivity index (χ3n) is 2.21. The van der Waals surface area contributed by atoms with Crippen molar-refractivity contribution in [2.45, 2.75) is 45.0 Å². The molecule has 0 aromatic heterocycles. The molecule has 9 heteroatoms. The first-order valence-electron chi connectivity index (χ1n) is 5.96. The standard InChI is InChI=1S/C11H22NO7P/c1-11(2,3)19-10(15)12-8(6-7-9(13)14)20(16,17-4)18-5/h8H,6-7H2,1-5H3,(H,12,15)(H,13,14). The smallest absolute Gasteiger partial charge is 0.408 e. The molecule has 1 atom stereocenters. The molecule has 0 aromatic rings. The van der Waals surface area contributed by atoms with E-state index in [9.17, 15) is 14.2 Å². The fourth-order valence-corrected chi connectivity index (χ4v) is 2.71. The Bertz CT molecular complexity index is 383. The van der Waals surface area contributed by atoms with Crippen LogP contribution in [0.25, 0.3) is 0 Å². The number of alkyl carbamates (subject to hydrolysis) is 1. The van der Waals surface area contributed by atoms with E-state index < -0.39 is 31.0 Å². The highest BCUT2D eigenvalue weighted by Gasteiger charge is 2.36. The molecular weight excluding hydrogens is 289 g/mol. The molecule has 1 unspecified atom stereocenters. The van der Waals surface area contributed by atoms with Crippen LogP contribution >= 0.6 is 7.60 Å². The van der Waals surface area contributed by atoms with Crippen molar-refractivity contribution >= 4 is 19.7 Å². The number of hydrogen-bond acceptors (Lipinski definition) is 6. The maximum Gasteiger partial charge on any atom is 0.408 e. The number of hydrogen-bond donors (Lipinski definition) is 2. The highest BCUT2D eigenvalue weighted by molar-refractivity contribution is 7.54. The minimum absolute atomic E-state index is 0.104. The monoisotopic (exact) mass is 311 g/mol. The third-order valence-corrected chi connectivity index (χ3v) is 4.37. The minimum Gasteiger partial charge on any atom is -0.481 e. The summed E-state index contributed by atoms with van der Waals surface area (Å²) in [6.45, 7) is 5.02. The molecule has 0 saturated carbocycles. The molecular formula is C11H22NO7P. The van der Waals surface area contributed by atoms with Crippen LogP contribution in [0.5, 0.6) is 0 Å². The van der Waals surface area contributed by atoms with Gasteiger partial charge >= 0.3 is 19.7 Å². The predicted octanol–water partition coefficient (Wildman–Crippen LogP) is 2.19. The van der Waals surface area contributed by atoms with Crippen LogP contribution in [-0.4, -0.2) is 42.8 Å². The van der Waals surface area contributed by atoms with Gasteiger partial charge in [-0.3, -0.25) is 9.36 Å². The summed E-state index contributed by atoms with van der Waals surface area (Å²) in [5.74, 6) is -2.18. The van der Waals surface area contributed by atoms with Crippen molar-refractivity contribution in [3.63, 3.8) is 0 Å². The van der Waals surface area contributed by atoms with Gasteiger partial charge in [0.25, 0.3) is 0 Å². The molecule has 2 N–H and O–H groups in total. The number of carboxylic acids is 1.